The summed E-state index contributed by atoms with van der Waals surface area (Å²) in [4.78, 5) is 0. The maximum absolute atomic E-state index is 8.18. The normalized spacial score (nSPS) is 10.7. The highest BCUT2D eigenvalue weighted by Crippen LogP contribution is 1.94. The van der Waals surface area contributed by atoms with Gasteiger partial charge in [0.1, 0.15) is 0 Å². The third-order valence-corrected chi connectivity index (χ3v) is 1.24. The maximum atomic E-state index is 8.18. The molecular weight excluding hydrogens is 154 g/mol. The van der Waals surface area contributed by atoms with E-state index in [1.807, 2.05) is 13.0 Å². The van der Waals surface area contributed by atoms with E-state index in [9.17, 15) is 0 Å². The van der Waals surface area contributed by atoms with Crippen molar-refractivity contribution in [3.8, 4) is 6.07 Å². The second kappa shape index (κ2) is 3.89. The van der Waals surface area contributed by atoms with Crippen LogP contribution >= 0.6 is 15.9 Å². The summed E-state index contributed by atoms with van der Waals surface area (Å²) in [6.07, 6.45) is 1.79. The Labute approximate surface area is 51.8 Å². The van der Waals surface area contributed by atoms with Crippen molar-refractivity contribution in [1.29, 1.82) is 5.26 Å². The van der Waals surface area contributed by atoms with Gasteiger partial charge in [0.2, 0.25) is 0 Å². The fourth-order valence-corrected chi connectivity index (χ4v) is 0.621. The van der Waals surface area contributed by atoms with E-state index >= 15 is 0 Å². The smallest absolute Gasteiger partial charge is 0.0952 e. The van der Waals surface area contributed by atoms with Crippen LogP contribution in [0.1, 0.15) is 6.92 Å². The number of hydrogen-bond acceptors (Lipinski definition) is 1. The lowest BCUT2D eigenvalue weighted by atomic mass is 10.3. The van der Waals surface area contributed by atoms with Crippen molar-refractivity contribution < 1.29 is 0 Å². The molecule has 0 radical (unpaired) electrons. The molecule has 0 aliphatic rings. The Morgan fingerprint density at radius 1 is 2.00 bits per heavy atom. The Morgan fingerprint density at radius 2 is 2.57 bits per heavy atom. The highest BCUT2D eigenvalue weighted by Gasteiger charge is 1.83. The molecule has 0 fully saturated rings. The van der Waals surface area contributed by atoms with Crippen LogP contribution < -0.4 is 0 Å². The zero-order chi connectivity index (χ0) is 5.70. The molecule has 1 nitrogen and oxygen atoms in total. The maximum Gasteiger partial charge on any atom is 0.0952 e. The first-order valence-electron chi connectivity index (χ1n) is 1.96. The molecule has 0 amide bonds. The third kappa shape index (κ3) is 2.41. The molecule has 7 heavy (non-hydrogen) atoms. The molecule has 2 heteroatoms. The number of allylic oxidation sites excluding steroid dienone is 2. The van der Waals surface area contributed by atoms with Crippen molar-refractivity contribution in [2.45, 2.75) is 6.92 Å². The summed E-state index contributed by atoms with van der Waals surface area (Å²) in [6.45, 7) is 1.85. The Morgan fingerprint density at radius 3 is 2.57 bits per heavy atom. The van der Waals surface area contributed by atoms with E-state index in [-0.39, 0.29) is 0 Å². The molecule has 0 aromatic rings. The average Bonchev–Trinajstić information content (AvgIpc) is 1.72. The van der Waals surface area contributed by atoms with Gasteiger partial charge in [-0.2, -0.15) is 5.26 Å². The molecule has 0 saturated heterocycles. The zero-order valence-corrected chi connectivity index (χ0v) is 5.70. The molecule has 0 aliphatic heterocycles. The van der Waals surface area contributed by atoms with Crippen molar-refractivity contribution in [2.75, 3.05) is 5.33 Å². The predicted octanol–water partition coefficient (Wildman–Crippen LogP) is 1.85. The highest BCUT2D eigenvalue weighted by atomic mass is 79.9. The Hall–Kier alpha value is -0.290. The van der Waals surface area contributed by atoms with Gasteiger partial charge in [-0.25, -0.2) is 0 Å². The van der Waals surface area contributed by atoms with Crippen LogP contribution in [0.4, 0.5) is 0 Å². The van der Waals surface area contributed by atoms with Crippen molar-refractivity contribution in [3.05, 3.63) is 11.6 Å². The second-order valence-corrected chi connectivity index (χ2v) is 1.62. The first kappa shape index (κ1) is 6.71. The van der Waals surface area contributed by atoms with E-state index in [1.54, 1.807) is 6.08 Å². The first-order valence-corrected chi connectivity index (χ1v) is 3.08. The molecule has 0 atom stereocenters. The van der Waals surface area contributed by atoms with Gasteiger partial charge in [0.25, 0.3) is 0 Å². The van der Waals surface area contributed by atoms with Gasteiger partial charge < -0.3 is 0 Å². The van der Waals surface area contributed by atoms with Gasteiger partial charge in [-0.1, -0.05) is 22.0 Å². The lowest BCUT2D eigenvalue weighted by Gasteiger charge is -1.79. The number of nitriles is 1. The van der Waals surface area contributed by atoms with Gasteiger partial charge in [0.15, 0.2) is 0 Å². The molecule has 38 valence electrons. The summed E-state index contributed by atoms with van der Waals surface area (Å²) < 4.78 is 0. The van der Waals surface area contributed by atoms with Gasteiger partial charge in [-0.05, 0) is 6.92 Å². The molecular formula is C5H6BrN. The summed E-state index contributed by atoms with van der Waals surface area (Å²) in [5.41, 5.74) is 0.778. The largest absolute Gasteiger partial charge is 0.193 e. The van der Waals surface area contributed by atoms with E-state index < -0.39 is 0 Å². The topological polar surface area (TPSA) is 23.8 Å². The molecule has 0 heterocycles. The Bertz CT molecular complexity index is 110. The van der Waals surface area contributed by atoms with E-state index in [4.69, 9.17) is 5.26 Å². The molecule has 0 spiro atoms. The van der Waals surface area contributed by atoms with Crippen molar-refractivity contribution >= 4 is 15.9 Å². The minimum absolute atomic E-state index is 0.667. The van der Waals surface area contributed by atoms with Crippen LogP contribution in [0.15, 0.2) is 11.6 Å². The standard InChI is InChI=1S/C5H6BrN/c1-2-5(3-6)4-7/h2H,3H2,1H3/b5-2-. The third-order valence-electron chi connectivity index (χ3n) is 0.636. The fraction of sp³-hybridized carbons (Fsp3) is 0.400. The molecule has 0 aromatic carbocycles. The lowest BCUT2D eigenvalue weighted by molar-refractivity contribution is 1.44. The van der Waals surface area contributed by atoms with Gasteiger partial charge in [0.05, 0.1) is 6.07 Å². The van der Waals surface area contributed by atoms with E-state index in [2.05, 4.69) is 15.9 Å². The summed E-state index contributed by atoms with van der Waals surface area (Å²) in [5.74, 6) is 0. The number of nitrogens with zero attached hydrogens (tertiary/aromatic N) is 1. The average molecular weight is 160 g/mol. The summed E-state index contributed by atoms with van der Waals surface area (Å²) in [6, 6.07) is 2.02. The summed E-state index contributed by atoms with van der Waals surface area (Å²) >= 11 is 3.15. The summed E-state index contributed by atoms with van der Waals surface area (Å²) in [7, 11) is 0. The number of alkyl halides is 1. The zero-order valence-electron chi connectivity index (χ0n) is 4.11. The quantitative estimate of drug-likeness (QED) is 0.424. The monoisotopic (exact) mass is 159 g/mol. The minimum atomic E-state index is 0.667. The van der Waals surface area contributed by atoms with Gasteiger partial charge in [-0.3, -0.25) is 0 Å². The molecule has 0 aromatic heterocycles. The van der Waals surface area contributed by atoms with Crippen LogP contribution in [0.2, 0.25) is 0 Å². The van der Waals surface area contributed by atoms with Gasteiger partial charge in [-0.15, -0.1) is 0 Å². The number of hydrogen-bond donors (Lipinski definition) is 0. The number of halogens is 1. The Kier molecular flexibility index (Phi) is 3.72. The fourth-order valence-electron chi connectivity index (χ4n) is 0.172. The van der Waals surface area contributed by atoms with Crippen LogP contribution in [0.3, 0.4) is 0 Å². The van der Waals surface area contributed by atoms with Crippen molar-refractivity contribution in [2.24, 2.45) is 0 Å². The first-order chi connectivity index (χ1) is 3.35. The summed E-state index contributed by atoms with van der Waals surface area (Å²) in [5, 5.41) is 8.84. The van der Waals surface area contributed by atoms with Crippen molar-refractivity contribution in [1.82, 2.24) is 0 Å². The predicted molar refractivity (Wildman–Crippen MR) is 33.2 cm³/mol. The molecule has 0 bridgehead atoms. The van der Waals surface area contributed by atoms with Crippen molar-refractivity contribution in [3.63, 3.8) is 0 Å². The van der Waals surface area contributed by atoms with Crippen LogP contribution in [0, 0.1) is 11.3 Å². The molecule has 0 unspecified atom stereocenters. The van der Waals surface area contributed by atoms with E-state index in [1.165, 1.54) is 0 Å². The molecule has 0 rings (SSSR count). The lowest BCUT2D eigenvalue weighted by Crippen LogP contribution is -1.73. The highest BCUT2D eigenvalue weighted by molar-refractivity contribution is 9.09. The molecule has 0 aliphatic carbocycles. The van der Waals surface area contributed by atoms with Gasteiger partial charge in [0, 0.05) is 10.9 Å². The molecule has 0 N–H and O–H groups in total. The van der Waals surface area contributed by atoms with E-state index in [0.717, 1.165) is 5.57 Å². The second-order valence-electron chi connectivity index (χ2n) is 1.06. The van der Waals surface area contributed by atoms with E-state index in [0.29, 0.717) is 5.33 Å². The number of rotatable bonds is 1. The Balaban J connectivity index is 3.68. The van der Waals surface area contributed by atoms with Crippen LogP contribution in [0.25, 0.3) is 0 Å². The van der Waals surface area contributed by atoms with Gasteiger partial charge >= 0.3 is 0 Å². The molecule has 0 saturated carbocycles. The SMILES string of the molecule is C/C=C(\C#N)CBr. The van der Waals surface area contributed by atoms with Crippen LogP contribution in [-0.4, -0.2) is 5.33 Å². The van der Waals surface area contributed by atoms with Crippen LogP contribution in [-0.2, 0) is 0 Å². The minimum Gasteiger partial charge on any atom is -0.193 e. The van der Waals surface area contributed by atoms with Crippen LogP contribution in [0.5, 0.6) is 0 Å².